The minimum Gasteiger partial charge on any atom is -0.381 e. The summed E-state index contributed by atoms with van der Waals surface area (Å²) in [4.78, 5) is 11.3. The number of carbonyl (C=O) groups is 1. The zero-order valence-corrected chi connectivity index (χ0v) is 7.65. The van der Waals surface area contributed by atoms with Gasteiger partial charge in [-0.05, 0) is 18.6 Å². The molecule has 0 bridgehead atoms. The predicted molar refractivity (Wildman–Crippen MR) is 46.7 cm³/mol. The van der Waals surface area contributed by atoms with Crippen LogP contribution in [-0.2, 0) is 9.53 Å². The van der Waals surface area contributed by atoms with Crippen LogP contribution in [0.5, 0.6) is 0 Å². The Morgan fingerprint density at radius 2 is 2.18 bits per heavy atom. The summed E-state index contributed by atoms with van der Waals surface area (Å²) in [5, 5.41) is 0.357. The van der Waals surface area contributed by atoms with Crippen LogP contribution in [0.4, 0.5) is 0 Å². The SMILES string of the molecule is CCSC(=O)C1CCOCC1. The fourth-order valence-corrected chi connectivity index (χ4v) is 1.95. The Labute approximate surface area is 71.7 Å². The van der Waals surface area contributed by atoms with Gasteiger partial charge in [-0.15, -0.1) is 0 Å². The molecule has 1 fully saturated rings. The summed E-state index contributed by atoms with van der Waals surface area (Å²) in [6, 6.07) is 0. The van der Waals surface area contributed by atoms with Crippen molar-refractivity contribution >= 4 is 16.9 Å². The zero-order valence-electron chi connectivity index (χ0n) is 6.84. The maximum Gasteiger partial charge on any atom is 0.192 e. The highest BCUT2D eigenvalue weighted by Crippen LogP contribution is 2.21. The van der Waals surface area contributed by atoms with E-state index >= 15 is 0 Å². The van der Waals surface area contributed by atoms with Gasteiger partial charge in [0.1, 0.15) is 0 Å². The van der Waals surface area contributed by atoms with Crippen LogP contribution in [0.3, 0.4) is 0 Å². The van der Waals surface area contributed by atoms with Crippen molar-refractivity contribution in [1.29, 1.82) is 0 Å². The maximum atomic E-state index is 11.3. The summed E-state index contributed by atoms with van der Waals surface area (Å²) in [6.07, 6.45) is 1.84. The Bertz CT molecular complexity index is 130. The molecule has 0 aromatic heterocycles. The molecule has 1 aliphatic heterocycles. The molecule has 3 heteroatoms. The summed E-state index contributed by atoms with van der Waals surface area (Å²) in [5.41, 5.74) is 0. The molecule has 0 amide bonds. The molecule has 1 heterocycles. The predicted octanol–water partition coefficient (Wildman–Crippen LogP) is 1.69. The Kier molecular flexibility index (Phi) is 3.94. The average Bonchev–Trinajstić information content (AvgIpc) is 2.07. The first-order valence-corrected chi connectivity index (χ1v) is 5.07. The third kappa shape index (κ3) is 2.83. The zero-order chi connectivity index (χ0) is 8.10. The monoisotopic (exact) mass is 174 g/mol. The molecule has 1 aliphatic rings. The van der Waals surface area contributed by atoms with E-state index in [1.807, 2.05) is 6.92 Å². The van der Waals surface area contributed by atoms with E-state index in [2.05, 4.69) is 0 Å². The molecule has 0 aliphatic carbocycles. The lowest BCUT2D eigenvalue weighted by atomic mass is 10.0. The highest BCUT2D eigenvalue weighted by atomic mass is 32.2. The van der Waals surface area contributed by atoms with Gasteiger partial charge in [0.15, 0.2) is 5.12 Å². The first kappa shape index (κ1) is 9.07. The second kappa shape index (κ2) is 4.78. The van der Waals surface area contributed by atoms with Crippen LogP contribution in [0, 0.1) is 5.92 Å². The van der Waals surface area contributed by atoms with Crippen LogP contribution in [0.25, 0.3) is 0 Å². The smallest absolute Gasteiger partial charge is 0.192 e. The topological polar surface area (TPSA) is 26.3 Å². The summed E-state index contributed by atoms with van der Waals surface area (Å²) in [5.74, 6) is 1.17. The van der Waals surface area contributed by atoms with Crippen molar-refractivity contribution in [3.05, 3.63) is 0 Å². The average molecular weight is 174 g/mol. The normalized spacial score (nSPS) is 20.1. The molecule has 64 valence electrons. The second-order valence-electron chi connectivity index (χ2n) is 2.64. The van der Waals surface area contributed by atoms with Gasteiger partial charge in [0, 0.05) is 19.1 Å². The highest BCUT2D eigenvalue weighted by molar-refractivity contribution is 8.13. The van der Waals surface area contributed by atoms with Crippen molar-refractivity contribution in [2.24, 2.45) is 5.92 Å². The van der Waals surface area contributed by atoms with E-state index in [1.54, 1.807) is 0 Å². The second-order valence-corrected chi connectivity index (χ2v) is 3.91. The molecule has 1 rings (SSSR count). The van der Waals surface area contributed by atoms with Crippen molar-refractivity contribution < 1.29 is 9.53 Å². The van der Waals surface area contributed by atoms with E-state index in [-0.39, 0.29) is 5.92 Å². The molecule has 0 N–H and O–H groups in total. The molecule has 0 aromatic rings. The lowest BCUT2D eigenvalue weighted by molar-refractivity contribution is -0.116. The van der Waals surface area contributed by atoms with Gasteiger partial charge in [0.25, 0.3) is 0 Å². The Morgan fingerprint density at radius 1 is 1.55 bits per heavy atom. The third-order valence-corrected chi connectivity index (χ3v) is 2.75. The number of hydrogen-bond acceptors (Lipinski definition) is 3. The van der Waals surface area contributed by atoms with Crippen molar-refractivity contribution in [2.75, 3.05) is 19.0 Å². The van der Waals surface area contributed by atoms with Crippen LogP contribution in [0.1, 0.15) is 19.8 Å². The Morgan fingerprint density at radius 3 is 2.73 bits per heavy atom. The molecule has 0 saturated carbocycles. The van der Waals surface area contributed by atoms with E-state index in [0.29, 0.717) is 5.12 Å². The van der Waals surface area contributed by atoms with Crippen LogP contribution >= 0.6 is 11.8 Å². The fourth-order valence-electron chi connectivity index (χ4n) is 1.19. The van der Waals surface area contributed by atoms with Crippen LogP contribution < -0.4 is 0 Å². The van der Waals surface area contributed by atoms with Gasteiger partial charge in [0.2, 0.25) is 0 Å². The highest BCUT2D eigenvalue weighted by Gasteiger charge is 2.20. The minimum atomic E-state index is 0.272. The lowest BCUT2D eigenvalue weighted by Crippen LogP contribution is -2.21. The largest absolute Gasteiger partial charge is 0.381 e. The first-order valence-electron chi connectivity index (χ1n) is 4.09. The first-order chi connectivity index (χ1) is 5.34. The fraction of sp³-hybridized carbons (Fsp3) is 0.875. The standard InChI is InChI=1S/C8H14O2S/c1-2-11-8(9)7-3-5-10-6-4-7/h7H,2-6H2,1H3. The summed E-state index contributed by atoms with van der Waals surface area (Å²) in [7, 11) is 0. The van der Waals surface area contributed by atoms with Gasteiger partial charge in [-0.2, -0.15) is 0 Å². The molecule has 11 heavy (non-hydrogen) atoms. The quantitative estimate of drug-likeness (QED) is 0.637. The van der Waals surface area contributed by atoms with Gasteiger partial charge < -0.3 is 4.74 Å². The summed E-state index contributed by atoms with van der Waals surface area (Å²) >= 11 is 1.44. The maximum absolute atomic E-state index is 11.3. The van der Waals surface area contributed by atoms with Crippen LogP contribution in [0.2, 0.25) is 0 Å². The Balaban J connectivity index is 2.27. The number of ether oxygens (including phenoxy) is 1. The summed E-state index contributed by atoms with van der Waals surface area (Å²) < 4.78 is 5.17. The van der Waals surface area contributed by atoms with Gasteiger partial charge >= 0.3 is 0 Å². The van der Waals surface area contributed by atoms with Gasteiger partial charge in [0.05, 0.1) is 0 Å². The summed E-state index contributed by atoms with van der Waals surface area (Å²) in [6.45, 7) is 3.54. The van der Waals surface area contributed by atoms with Crippen molar-refractivity contribution in [3.8, 4) is 0 Å². The molecule has 0 unspecified atom stereocenters. The minimum absolute atomic E-state index is 0.272. The Hall–Kier alpha value is -0.0200. The van der Waals surface area contributed by atoms with E-state index < -0.39 is 0 Å². The molecule has 0 aromatic carbocycles. The van der Waals surface area contributed by atoms with Crippen LogP contribution in [-0.4, -0.2) is 24.1 Å². The third-order valence-electron chi connectivity index (χ3n) is 1.84. The van der Waals surface area contributed by atoms with Crippen LogP contribution in [0.15, 0.2) is 0 Å². The molecule has 2 nitrogen and oxygen atoms in total. The van der Waals surface area contributed by atoms with E-state index in [4.69, 9.17) is 4.74 Å². The van der Waals surface area contributed by atoms with Gasteiger partial charge in [-0.25, -0.2) is 0 Å². The molecule has 0 spiro atoms. The van der Waals surface area contributed by atoms with E-state index in [0.717, 1.165) is 31.8 Å². The molecule has 0 atom stereocenters. The lowest BCUT2D eigenvalue weighted by Gasteiger charge is -2.19. The number of hydrogen-bond donors (Lipinski definition) is 0. The van der Waals surface area contributed by atoms with Crippen molar-refractivity contribution in [2.45, 2.75) is 19.8 Å². The van der Waals surface area contributed by atoms with E-state index in [1.165, 1.54) is 11.8 Å². The number of rotatable bonds is 2. The van der Waals surface area contributed by atoms with Gasteiger partial charge in [-0.3, -0.25) is 4.79 Å². The molecule has 0 radical (unpaired) electrons. The number of carbonyl (C=O) groups excluding carboxylic acids is 1. The van der Waals surface area contributed by atoms with Gasteiger partial charge in [-0.1, -0.05) is 18.7 Å². The molecular formula is C8H14O2S. The molecular weight excluding hydrogens is 160 g/mol. The van der Waals surface area contributed by atoms with Crippen molar-refractivity contribution in [1.82, 2.24) is 0 Å². The molecule has 1 saturated heterocycles. The van der Waals surface area contributed by atoms with Crippen molar-refractivity contribution in [3.63, 3.8) is 0 Å². The number of thioether (sulfide) groups is 1. The van der Waals surface area contributed by atoms with E-state index in [9.17, 15) is 4.79 Å².